The van der Waals surface area contributed by atoms with Crippen LogP contribution in [-0.2, 0) is 9.59 Å². The molecule has 1 aliphatic carbocycles. The van der Waals surface area contributed by atoms with Gasteiger partial charge in [-0.05, 0) is 43.0 Å². The van der Waals surface area contributed by atoms with Gasteiger partial charge in [0.05, 0.1) is 19.3 Å². The van der Waals surface area contributed by atoms with Crippen LogP contribution in [0.15, 0.2) is 48.5 Å². The molecular formula is C21H23ClN2O3. The molecule has 0 aliphatic heterocycles. The molecule has 1 fully saturated rings. The second-order valence-electron chi connectivity index (χ2n) is 6.57. The highest BCUT2D eigenvalue weighted by Crippen LogP contribution is 2.50. The normalized spacial score (nSPS) is 17.9. The molecule has 142 valence electrons. The summed E-state index contributed by atoms with van der Waals surface area (Å²) < 4.78 is 5.24. The van der Waals surface area contributed by atoms with Gasteiger partial charge in [-0.15, -0.1) is 0 Å². The van der Waals surface area contributed by atoms with E-state index in [2.05, 4.69) is 5.32 Å². The van der Waals surface area contributed by atoms with Crippen LogP contribution in [0.2, 0.25) is 5.02 Å². The first kappa shape index (κ1) is 19.2. The quantitative estimate of drug-likeness (QED) is 0.784. The zero-order valence-electron chi connectivity index (χ0n) is 15.4. The number of carbonyl (C=O) groups excluding carboxylic acids is 2. The van der Waals surface area contributed by atoms with Gasteiger partial charge >= 0.3 is 0 Å². The number of para-hydroxylation sites is 2. The third-order valence-electron chi connectivity index (χ3n) is 4.82. The van der Waals surface area contributed by atoms with E-state index in [1.807, 2.05) is 43.3 Å². The van der Waals surface area contributed by atoms with Gasteiger partial charge in [0.15, 0.2) is 0 Å². The molecule has 1 saturated carbocycles. The van der Waals surface area contributed by atoms with Crippen molar-refractivity contribution in [2.45, 2.75) is 19.3 Å². The van der Waals surface area contributed by atoms with Gasteiger partial charge in [0.2, 0.25) is 11.8 Å². The molecule has 2 aromatic carbocycles. The lowest BCUT2D eigenvalue weighted by molar-refractivity contribution is -0.135. The number of ether oxygens (including phenoxy) is 1. The zero-order valence-corrected chi connectivity index (χ0v) is 16.2. The Kier molecular flexibility index (Phi) is 6.01. The SMILES string of the molecule is CCN(CC(=O)Nc1ccccc1OC)C(=O)C1CC1c1ccccc1Cl. The van der Waals surface area contributed by atoms with Crippen molar-refractivity contribution in [1.82, 2.24) is 4.90 Å². The minimum atomic E-state index is -0.246. The monoisotopic (exact) mass is 386 g/mol. The Morgan fingerprint density at radius 1 is 1.19 bits per heavy atom. The molecule has 5 nitrogen and oxygen atoms in total. The first-order chi connectivity index (χ1) is 13.0. The van der Waals surface area contributed by atoms with Gasteiger partial charge in [0.25, 0.3) is 0 Å². The number of benzene rings is 2. The molecule has 27 heavy (non-hydrogen) atoms. The summed E-state index contributed by atoms with van der Waals surface area (Å²) >= 11 is 6.24. The molecule has 0 heterocycles. The van der Waals surface area contributed by atoms with Crippen molar-refractivity contribution in [3.8, 4) is 5.75 Å². The topological polar surface area (TPSA) is 58.6 Å². The Hall–Kier alpha value is -2.53. The Morgan fingerprint density at radius 2 is 1.89 bits per heavy atom. The first-order valence-corrected chi connectivity index (χ1v) is 9.39. The van der Waals surface area contributed by atoms with E-state index in [1.165, 1.54) is 0 Å². The lowest BCUT2D eigenvalue weighted by atomic mass is 10.1. The van der Waals surface area contributed by atoms with Gasteiger partial charge in [0, 0.05) is 17.5 Å². The van der Waals surface area contributed by atoms with Crippen LogP contribution in [-0.4, -0.2) is 36.9 Å². The highest BCUT2D eigenvalue weighted by Gasteiger charge is 2.46. The molecule has 1 aliphatic rings. The summed E-state index contributed by atoms with van der Waals surface area (Å²) in [6, 6.07) is 14.8. The summed E-state index contributed by atoms with van der Waals surface area (Å²) in [5.74, 6) is 0.366. The molecule has 2 unspecified atom stereocenters. The van der Waals surface area contributed by atoms with E-state index in [4.69, 9.17) is 16.3 Å². The number of anilines is 1. The van der Waals surface area contributed by atoms with Gasteiger partial charge in [0.1, 0.15) is 5.75 Å². The summed E-state index contributed by atoms with van der Waals surface area (Å²) in [6.45, 7) is 2.37. The fourth-order valence-electron chi connectivity index (χ4n) is 3.28. The molecule has 3 rings (SSSR count). The van der Waals surface area contributed by atoms with E-state index in [0.717, 1.165) is 12.0 Å². The van der Waals surface area contributed by atoms with Crippen LogP contribution in [0.3, 0.4) is 0 Å². The maximum Gasteiger partial charge on any atom is 0.244 e. The van der Waals surface area contributed by atoms with E-state index >= 15 is 0 Å². The van der Waals surface area contributed by atoms with Crippen molar-refractivity contribution in [1.29, 1.82) is 0 Å². The second-order valence-corrected chi connectivity index (χ2v) is 6.98. The number of halogens is 1. The Labute approximate surface area is 164 Å². The maximum atomic E-state index is 12.8. The molecule has 0 radical (unpaired) electrons. The van der Waals surface area contributed by atoms with Crippen molar-refractivity contribution in [3.63, 3.8) is 0 Å². The van der Waals surface area contributed by atoms with E-state index in [0.29, 0.717) is 23.0 Å². The number of carbonyl (C=O) groups is 2. The van der Waals surface area contributed by atoms with Crippen molar-refractivity contribution >= 4 is 29.1 Å². The summed E-state index contributed by atoms with van der Waals surface area (Å²) in [7, 11) is 1.55. The summed E-state index contributed by atoms with van der Waals surface area (Å²) in [6.07, 6.45) is 0.771. The number of hydrogen-bond donors (Lipinski definition) is 1. The maximum absolute atomic E-state index is 12.8. The molecule has 0 saturated heterocycles. The lowest BCUT2D eigenvalue weighted by Gasteiger charge is -2.21. The summed E-state index contributed by atoms with van der Waals surface area (Å²) in [5, 5.41) is 3.50. The molecule has 2 aromatic rings. The van der Waals surface area contributed by atoms with E-state index in [-0.39, 0.29) is 30.2 Å². The Balaban J connectivity index is 1.61. The summed E-state index contributed by atoms with van der Waals surface area (Å²) in [5.41, 5.74) is 1.60. The number of methoxy groups -OCH3 is 1. The number of amides is 2. The fourth-order valence-corrected chi connectivity index (χ4v) is 3.55. The van der Waals surface area contributed by atoms with E-state index < -0.39 is 0 Å². The average Bonchev–Trinajstić information content (AvgIpc) is 3.47. The van der Waals surface area contributed by atoms with Gasteiger partial charge < -0.3 is 15.0 Å². The van der Waals surface area contributed by atoms with Crippen LogP contribution < -0.4 is 10.1 Å². The van der Waals surface area contributed by atoms with Crippen LogP contribution in [0.25, 0.3) is 0 Å². The van der Waals surface area contributed by atoms with Gasteiger partial charge in [-0.3, -0.25) is 9.59 Å². The van der Waals surface area contributed by atoms with Crippen LogP contribution in [0, 0.1) is 5.92 Å². The molecule has 2 atom stereocenters. The molecule has 1 N–H and O–H groups in total. The van der Waals surface area contributed by atoms with Crippen LogP contribution >= 0.6 is 11.6 Å². The fraction of sp³-hybridized carbons (Fsp3) is 0.333. The number of likely N-dealkylation sites (N-methyl/N-ethyl adjacent to an activating group) is 1. The van der Waals surface area contributed by atoms with Gasteiger partial charge in [-0.2, -0.15) is 0 Å². The molecule has 0 bridgehead atoms. The molecule has 0 spiro atoms. The predicted molar refractivity (Wildman–Crippen MR) is 106 cm³/mol. The molecule has 2 amide bonds. The van der Waals surface area contributed by atoms with E-state index in [9.17, 15) is 9.59 Å². The number of nitrogens with one attached hydrogen (secondary N) is 1. The predicted octanol–water partition coefficient (Wildman–Crippen LogP) is 3.94. The summed E-state index contributed by atoms with van der Waals surface area (Å²) in [4.78, 5) is 26.8. The highest BCUT2D eigenvalue weighted by molar-refractivity contribution is 6.31. The standard InChI is InChI=1S/C21H23ClN2O3/c1-3-24(13-20(25)23-18-10-6-7-11-19(18)27-2)21(26)16-12-15(16)14-8-4-5-9-17(14)22/h4-11,15-16H,3,12-13H2,1-2H3,(H,23,25). The van der Waals surface area contributed by atoms with Gasteiger partial charge in [-0.1, -0.05) is 41.9 Å². The van der Waals surface area contributed by atoms with Gasteiger partial charge in [-0.25, -0.2) is 0 Å². The van der Waals surface area contributed by atoms with Crippen LogP contribution in [0.4, 0.5) is 5.69 Å². The van der Waals surface area contributed by atoms with E-state index in [1.54, 1.807) is 24.1 Å². The third-order valence-corrected chi connectivity index (χ3v) is 5.17. The zero-order chi connectivity index (χ0) is 19.4. The highest BCUT2D eigenvalue weighted by atomic mass is 35.5. The molecule has 0 aromatic heterocycles. The van der Waals surface area contributed by atoms with Crippen LogP contribution in [0.1, 0.15) is 24.8 Å². The largest absolute Gasteiger partial charge is 0.495 e. The van der Waals surface area contributed by atoms with Crippen LogP contribution in [0.5, 0.6) is 5.75 Å². The number of nitrogens with zero attached hydrogens (tertiary/aromatic N) is 1. The number of hydrogen-bond acceptors (Lipinski definition) is 3. The number of rotatable bonds is 7. The van der Waals surface area contributed by atoms with Crippen molar-refractivity contribution < 1.29 is 14.3 Å². The van der Waals surface area contributed by atoms with Crippen molar-refractivity contribution in [2.75, 3.05) is 25.5 Å². The Morgan fingerprint density at radius 3 is 2.59 bits per heavy atom. The average molecular weight is 387 g/mol. The minimum absolute atomic E-state index is 0.00223. The Bertz CT molecular complexity index is 840. The second kappa shape index (κ2) is 8.44. The molecule has 6 heteroatoms. The van der Waals surface area contributed by atoms with Crippen molar-refractivity contribution in [3.05, 3.63) is 59.1 Å². The molecular weight excluding hydrogens is 364 g/mol. The lowest BCUT2D eigenvalue weighted by Crippen LogP contribution is -2.39. The first-order valence-electron chi connectivity index (χ1n) is 9.01. The third kappa shape index (κ3) is 4.42. The van der Waals surface area contributed by atoms with Crippen molar-refractivity contribution in [2.24, 2.45) is 5.92 Å². The minimum Gasteiger partial charge on any atom is -0.495 e. The smallest absolute Gasteiger partial charge is 0.244 e.